The maximum atomic E-state index is 4.47. The number of nitrogens with one attached hydrogen (secondary N) is 1. The summed E-state index contributed by atoms with van der Waals surface area (Å²) in [7, 11) is 0. The number of aromatic nitrogens is 1. The van der Waals surface area contributed by atoms with E-state index in [1.807, 2.05) is 11.3 Å². The van der Waals surface area contributed by atoms with Crippen LogP contribution in [0.3, 0.4) is 0 Å². The first kappa shape index (κ1) is 14.8. The Balaban J connectivity index is 1.89. The van der Waals surface area contributed by atoms with E-state index in [-0.39, 0.29) is 0 Å². The van der Waals surface area contributed by atoms with Crippen molar-refractivity contribution in [2.75, 3.05) is 18.4 Å². The molecule has 0 bridgehead atoms. The van der Waals surface area contributed by atoms with E-state index in [2.05, 4.69) is 35.2 Å². The molecule has 0 amide bonds. The summed E-state index contributed by atoms with van der Waals surface area (Å²) >= 11 is 1.82. The van der Waals surface area contributed by atoms with Gasteiger partial charge in [-0.25, -0.2) is 4.98 Å². The summed E-state index contributed by atoms with van der Waals surface area (Å²) in [6.45, 7) is 7.86. The Bertz CT molecular complexity index is 362. The van der Waals surface area contributed by atoms with Crippen molar-refractivity contribution in [3.8, 4) is 0 Å². The summed E-state index contributed by atoms with van der Waals surface area (Å²) < 4.78 is 0. The van der Waals surface area contributed by atoms with Crippen LogP contribution in [0.5, 0.6) is 0 Å². The van der Waals surface area contributed by atoms with Crippen LogP contribution in [0.1, 0.15) is 57.2 Å². The fourth-order valence-electron chi connectivity index (χ4n) is 2.82. The van der Waals surface area contributed by atoms with E-state index in [1.165, 1.54) is 43.5 Å². The third-order valence-electron chi connectivity index (χ3n) is 3.81. The lowest BCUT2D eigenvalue weighted by Crippen LogP contribution is -2.38. The molecule has 1 aromatic rings. The van der Waals surface area contributed by atoms with Crippen molar-refractivity contribution in [2.24, 2.45) is 0 Å². The molecule has 108 valence electrons. The highest BCUT2D eigenvalue weighted by Crippen LogP contribution is 2.26. The molecule has 3 nitrogen and oxygen atoms in total. The fourth-order valence-corrected chi connectivity index (χ4v) is 3.69. The Morgan fingerprint density at radius 1 is 1.37 bits per heavy atom. The summed E-state index contributed by atoms with van der Waals surface area (Å²) in [5.74, 6) is 0. The van der Waals surface area contributed by atoms with Gasteiger partial charge in [0.2, 0.25) is 0 Å². The van der Waals surface area contributed by atoms with Gasteiger partial charge >= 0.3 is 0 Å². The van der Waals surface area contributed by atoms with Gasteiger partial charge in [0, 0.05) is 30.2 Å². The van der Waals surface area contributed by atoms with Gasteiger partial charge in [-0.2, -0.15) is 0 Å². The zero-order valence-electron chi connectivity index (χ0n) is 12.3. The van der Waals surface area contributed by atoms with Crippen LogP contribution in [0.25, 0.3) is 0 Å². The molecule has 0 saturated carbocycles. The van der Waals surface area contributed by atoms with E-state index >= 15 is 0 Å². The second-order valence-electron chi connectivity index (χ2n) is 5.47. The van der Waals surface area contributed by atoms with Crippen molar-refractivity contribution in [1.82, 2.24) is 9.88 Å². The van der Waals surface area contributed by atoms with Gasteiger partial charge in [0.15, 0.2) is 5.13 Å². The number of hydrogen-bond acceptors (Lipinski definition) is 4. The topological polar surface area (TPSA) is 28.2 Å². The number of nitrogens with zero attached hydrogens (tertiary/aromatic N) is 2. The van der Waals surface area contributed by atoms with E-state index < -0.39 is 0 Å². The SMILES string of the molecule is CCCNc1ncc(CN2CCCCC2CCC)s1. The second kappa shape index (κ2) is 7.85. The molecule has 1 aliphatic heterocycles. The molecule has 0 aliphatic carbocycles. The van der Waals surface area contributed by atoms with E-state index in [4.69, 9.17) is 0 Å². The minimum absolute atomic E-state index is 0.799. The fraction of sp³-hybridized carbons (Fsp3) is 0.800. The number of piperidine rings is 1. The van der Waals surface area contributed by atoms with Crippen molar-refractivity contribution >= 4 is 16.5 Å². The van der Waals surface area contributed by atoms with Crippen LogP contribution in [0.2, 0.25) is 0 Å². The Morgan fingerprint density at radius 2 is 2.26 bits per heavy atom. The molecule has 1 fully saturated rings. The molecule has 19 heavy (non-hydrogen) atoms. The summed E-state index contributed by atoms with van der Waals surface area (Å²) in [6.07, 6.45) is 10.0. The summed E-state index contributed by atoms with van der Waals surface area (Å²) in [6, 6.07) is 0.799. The molecule has 1 aromatic heterocycles. The van der Waals surface area contributed by atoms with Gasteiger partial charge in [0.05, 0.1) is 0 Å². The minimum atomic E-state index is 0.799. The Labute approximate surface area is 121 Å². The van der Waals surface area contributed by atoms with Crippen LogP contribution >= 0.6 is 11.3 Å². The van der Waals surface area contributed by atoms with Crippen molar-refractivity contribution < 1.29 is 0 Å². The van der Waals surface area contributed by atoms with Gasteiger partial charge in [-0.1, -0.05) is 26.7 Å². The largest absolute Gasteiger partial charge is 0.362 e. The van der Waals surface area contributed by atoms with Crippen LogP contribution in [0.15, 0.2) is 6.20 Å². The highest BCUT2D eigenvalue weighted by Gasteiger charge is 2.22. The van der Waals surface area contributed by atoms with E-state index in [9.17, 15) is 0 Å². The molecule has 0 radical (unpaired) electrons. The van der Waals surface area contributed by atoms with Crippen molar-refractivity contribution in [1.29, 1.82) is 0 Å². The van der Waals surface area contributed by atoms with Gasteiger partial charge in [0.25, 0.3) is 0 Å². The summed E-state index contributed by atoms with van der Waals surface area (Å²) in [5, 5.41) is 4.46. The monoisotopic (exact) mass is 281 g/mol. The van der Waals surface area contributed by atoms with Gasteiger partial charge < -0.3 is 5.32 Å². The molecule has 1 aliphatic rings. The molecule has 2 heterocycles. The maximum Gasteiger partial charge on any atom is 0.182 e. The first-order valence-electron chi connectivity index (χ1n) is 7.76. The number of rotatable bonds is 7. The standard InChI is InChI=1S/C15H27N3S/c1-3-7-13-8-5-6-10-18(13)12-14-11-17-15(19-14)16-9-4-2/h11,13H,3-10,12H2,1-2H3,(H,16,17). The van der Waals surface area contributed by atoms with Crippen molar-refractivity contribution in [3.05, 3.63) is 11.1 Å². The molecular weight excluding hydrogens is 254 g/mol. The molecule has 1 saturated heterocycles. The van der Waals surface area contributed by atoms with E-state index in [0.717, 1.165) is 30.7 Å². The first-order valence-corrected chi connectivity index (χ1v) is 8.57. The lowest BCUT2D eigenvalue weighted by atomic mass is 9.98. The normalized spacial score (nSPS) is 20.6. The predicted molar refractivity (Wildman–Crippen MR) is 83.9 cm³/mol. The maximum absolute atomic E-state index is 4.47. The smallest absolute Gasteiger partial charge is 0.182 e. The Kier molecular flexibility index (Phi) is 6.11. The number of thiazole rings is 1. The molecule has 0 spiro atoms. The van der Waals surface area contributed by atoms with Crippen LogP contribution in [0.4, 0.5) is 5.13 Å². The minimum Gasteiger partial charge on any atom is -0.362 e. The first-order chi connectivity index (χ1) is 9.33. The number of anilines is 1. The summed E-state index contributed by atoms with van der Waals surface area (Å²) in [5.41, 5.74) is 0. The van der Waals surface area contributed by atoms with Crippen LogP contribution in [0, 0.1) is 0 Å². The van der Waals surface area contributed by atoms with Crippen molar-refractivity contribution in [2.45, 2.75) is 65.0 Å². The highest BCUT2D eigenvalue weighted by atomic mass is 32.1. The molecule has 1 atom stereocenters. The number of hydrogen-bond donors (Lipinski definition) is 1. The third-order valence-corrected chi connectivity index (χ3v) is 4.75. The zero-order chi connectivity index (χ0) is 13.5. The molecule has 1 N–H and O–H groups in total. The third kappa shape index (κ3) is 4.46. The average Bonchev–Trinajstić information content (AvgIpc) is 2.87. The quantitative estimate of drug-likeness (QED) is 0.815. The lowest BCUT2D eigenvalue weighted by molar-refractivity contribution is 0.133. The van der Waals surface area contributed by atoms with Gasteiger partial charge in [-0.3, -0.25) is 4.90 Å². The Hall–Kier alpha value is -0.610. The summed E-state index contributed by atoms with van der Waals surface area (Å²) in [4.78, 5) is 8.55. The van der Waals surface area contributed by atoms with Gasteiger partial charge in [-0.05, 0) is 32.2 Å². The molecule has 4 heteroatoms. The zero-order valence-corrected chi connectivity index (χ0v) is 13.1. The lowest BCUT2D eigenvalue weighted by Gasteiger charge is -2.35. The van der Waals surface area contributed by atoms with E-state index in [1.54, 1.807) is 0 Å². The molecular formula is C15H27N3S. The second-order valence-corrected chi connectivity index (χ2v) is 6.58. The average molecular weight is 281 g/mol. The van der Waals surface area contributed by atoms with Crippen molar-refractivity contribution in [3.63, 3.8) is 0 Å². The molecule has 1 unspecified atom stereocenters. The van der Waals surface area contributed by atoms with Gasteiger partial charge in [0.1, 0.15) is 0 Å². The molecule has 0 aromatic carbocycles. The predicted octanol–water partition coefficient (Wildman–Crippen LogP) is 4.12. The van der Waals surface area contributed by atoms with Crippen LogP contribution in [-0.2, 0) is 6.54 Å². The van der Waals surface area contributed by atoms with E-state index in [0.29, 0.717) is 0 Å². The van der Waals surface area contributed by atoms with Gasteiger partial charge in [-0.15, -0.1) is 11.3 Å². The Morgan fingerprint density at radius 3 is 3.05 bits per heavy atom. The highest BCUT2D eigenvalue weighted by molar-refractivity contribution is 7.15. The van der Waals surface area contributed by atoms with Crippen LogP contribution < -0.4 is 5.32 Å². The molecule has 2 rings (SSSR count). The number of likely N-dealkylation sites (tertiary alicyclic amines) is 1. The van der Waals surface area contributed by atoms with Crippen LogP contribution in [-0.4, -0.2) is 29.0 Å².